The molecule has 178 valence electrons. The van der Waals surface area contributed by atoms with Crippen LogP contribution in [0.25, 0.3) is 0 Å². The molecule has 2 aromatic carbocycles. The molecule has 4 unspecified atom stereocenters. The minimum atomic E-state index is -0.995. The number of nitrogens with zero attached hydrogens (tertiary/aromatic N) is 3. The summed E-state index contributed by atoms with van der Waals surface area (Å²) < 4.78 is 0. The number of amides is 3. The SMILES string of the molecule is CC1CCCC(C)N1C1=NC(NC(=O)NC2CCc3ccccc32)C(=O)N(C)c2ccccc21. The molecule has 2 N–H and O–H groups in total. The van der Waals surface area contributed by atoms with Gasteiger partial charge in [0.15, 0.2) is 0 Å². The Morgan fingerprint density at radius 2 is 1.68 bits per heavy atom. The van der Waals surface area contributed by atoms with Crippen LogP contribution in [0.15, 0.2) is 53.5 Å². The molecule has 0 bridgehead atoms. The third-order valence-corrected chi connectivity index (χ3v) is 7.47. The average molecular weight is 460 g/mol. The molecule has 0 spiro atoms. The number of nitrogens with one attached hydrogen (secondary N) is 2. The van der Waals surface area contributed by atoms with Crippen LogP contribution in [-0.2, 0) is 11.2 Å². The first-order valence-corrected chi connectivity index (χ1v) is 12.3. The van der Waals surface area contributed by atoms with Crippen molar-refractivity contribution in [2.45, 2.75) is 70.2 Å². The number of hydrogen-bond acceptors (Lipinski definition) is 4. The summed E-state index contributed by atoms with van der Waals surface area (Å²) in [7, 11) is 1.75. The number of carbonyl (C=O) groups is 2. The molecule has 2 aromatic rings. The van der Waals surface area contributed by atoms with Gasteiger partial charge in [0.2, 0.25) is 6.17 Å². The van der Waals surface area contributed by atoms with Gasteiger partial charge in [-0.2, -0.15) is 0 Å². The number of likely N-dealkylation sites (N-methyl/N-ethyl adjacent to an activating group) is 1. The molecule has 2 heterocycles. The summed E-state index contributed by atoms with van der Waals surface area (Å²) >= 11 is 0. The fraction of sp³-hybridized carbons (Fsp3) is 0.444. The van der Waals surface area contributed by atoms with Gasteiger partial charge >= 0.3 is 6.03 Å². The number of carbonyl (C=O) groups excluding carboxylic acids is 2. The number of piperidine rings is 1. The quantitative estimate of drug-likeness (QED) is 0.713. The van der Waals surface area contributed by atoms with Gasteiger partial charge in [-0.05, 0) is 69.2 Å². The van der Waals surface area contributed by atoms with E-state index in [1.54, 1.807) is 11.9 Å². The van der Waals surface area contributed by atoms with Gasteiger partial charge in [0.1, 0.15) is 5.84 Å². The van der Waals surface area contributed by atoms with Gasteiger partial charge in [-0.3, -0.25) is 4.79 Å². The number of para-hydroxylation sites is 1. The molecule has 0 saturated carbocycles. The van der Waals surface area contributed by atoms with E-state index in [-0.39, 0.29) is 18.0 Å². The van der Waals surface area contributed by atoms with E-state index in [0.29, 0.717) is 12.1 Å². The van der Waals surface area contributed by atoms with Gasteiger partial charge in [0.05, 0.1) is 11.7 Å². The van der Waals surface area contributed by atoms with Crippen LogP contribution in [0, 0.1) is 0 Å². The van der Waals surface area contributed by atoms with E-state index in [9.17, 15) is 9.59 Å². The number of likely N-dealkylation sites (tertiary alicyclic amines) is 1. The monoisotopic (exact) mass is 459 g/mol. The molecule has 1 fully saturated rings. The van der Waals surface area contributed by atoms with E-state index < -0.39 is 6.17 Å². The number of hydrogen-bond donors (Lipinski definition) is 2. The van der Waals surface area contributed by atoms with Crippen molar-refractivity contribution in [2.24, 2.45) is 4.99 Å². The summed E-state index contributed by atoms with van der Waals surface area (Å²) in [5, 5.41) is 5.94. The van der Waals surface area contributed by atoms with Gasteiger partial charge < -0.3 is 20.4 Å². The standard InChI is InChI=1S/C27H33N5O2/c1-17-9-8-10-18(2)32(17)25-21-13-6-7-14-23(21)31(3)26(33)24(29-25)30-27(34)28-22-16-15-19-11-4-5-12-20(19)22/h4-7,11-14,17-18,22,24H,8-10,15-16H2,1-3H3,(H2,28,30,34). The summed E-state index contributed by atoms with van der Waals surface area (Å²) in [6.45, 7) is 4.42. The Morgan fingerprint density at radius 3 is 2.47 bits per heavy atom. The third-order valence-electron chi connectivity index (χ3n) is 7.47. The van der Waals surface area contributed by atoms with Crippen LogP contribution in [0.1, 0.15) is 62.3 Å². The van der Waals surface area contributed by atoms with Crippen LogP contribution in [-0.4, -0.2) is 48.0 Å². The van der Waals surface area contributed by atoms with Crippen LogP contribution >= 0.6 is 0 Å². The Kier molecular flexibility index (Phi) is 6.02. The maximum atomic E-state index is 13.4. The summed E-state index contributed by atoms with van der Waals surface area (Å²) in [5.74, 6) is 0.534. The summed E-state index contributed by atoms with van der Waals surface area (Å²) in [6.07, 6.45) is 4.14. The number of urea groups is 1. The molecular formula is C27H33N5O2. The molecule has 7 nitrogen and oxygen atoms in total. The molecule has 1 saturated heterocycles. The highest BCUT2D eigenvalue weighted by molar-refractivity contribution is 6.12. The molecule has 5 rings (SSSR count). The summed E-state index contributed by atoms with van der Waals surface area (Å²) in [4.78, 5) is 35.3. The molecule has 3 amide bonds. The highest BCUT2D eigenvalue weighted by atomic mass is 16.2. The molecular weight excluding hydrogens is 426 g/mol. The Bertz CT molecular complexity index is 1120. The first-order valence-electron chi connectivity index (χ1n) is 12.3. The Balaban J connectivity index is 1.44. The molecule has 7 heteroatoms. The van der Waals surface area contributed by atoms with Gasteiger partial charge in [-0.25, -0.2) is 9.79 Å². The number of benzodiazepines with no additional fused rings is 1. The molecule has 0 aromatic heterocycles. The molecule has 0 radical (unpaired) electrons. The lowest BCUT2D eigenvalue weighted by molar-refractivity contribution is -0.119. The minimum absolute atomic E-state index is 0.0578. The second-order valence-electron chi connectivity index (χ2n) is 9.71. The van der Waals surface area contributed by atoms with Gasteiger partial charge in [-0.15, -0.1) is 0 Å². The van der Waals surface area contributed by atoms with E-state index in [2.05, 4.69) is 41.5 Å². The largest absolute Gasteiger partial charge is 0.351 e. The molecule has 1 aliphatic carbocycles. The van der Waals surface area contributed by atoms with Crippen molar-refractivity contribution in [3.63, 3.8) is 0 Å². The lowest BCUT2D eigenvalue weighted by atomic mass is 9.95. The molecule has 2 aliphatic heterocycles. The van der Waals surface area contributed by atoms with Crippen LogP contribution in [0.2, 0.25) is 0 Å². The van der Waals surface area contributed by atoms with E-state index in [1.165, 1.54) is 12.0 Å². The second kappa shape index (κ2) is 9.12. The van der Waals surface area contributed by atoms with Crippen molar-refractivity contribution in [2.75, 3.05) is 11.9 Å². The lowest BCUT2D eigenvalue weighted by Gasteiger charge is -2.41. The van der Waals surface area contributed by atoms with Crippen molar-refractivity contribution in [1.29, 1.82) is 0 Å². The van der Waals surface area contributed by atoms with Crippen LogP contribution < -0.4 is 15.5 Å². The van der Waals surface area contributed by atoms with Gasteiger partial charge in [0, 0.05) is 24.7 Å². The lowest BCUT2D eigenvalue weighted by Crippen LogP contribution is -2.51. The zero-order chi connectivity index (χ0) is 23.8. The van der Waals surface area contributed by atoms with E-state index >= 15 is 0 Å². The molecule has 4 atom stereocenters. The average Bonchev–Trinajstić information content (AvgIpc) is 3.20. The number of amidine groups is 1. The van der Waals surface area contributed by atoms with Crippen molar-refractivity contribution in [1.82, 2.24) is 15.5 Å². The van der Waals surface area contributed by atoms with Crippen LogP contribution in [0.3, 0.4) is 0 Å². The fourth-order valence-corrected chi connectivity index (χ4v) is 5.67. The minimum Gasteiger partial charge on any atom is -0.351 e. The first-order chi connectivity index (χ1) is 16.4. The first kappa shape index (κ1) is 22.4. The predicted octanol–water partition coefficient (Wildman–Crippen LogP) is 3.99. The molecule has 3 aliphatic rings. The Hall–Kier alpha value is -3.35. The smallest absolute Gasteiger partial charge is 0.317 e. The van der Waals surface area contributed by atoms with Gasteiger partial charge in [0.25, 0.3) is 5.91 Å². The maximum absolute atomic E-state index is 13.4. The second-order valence-corrected chi connectivity index (χ2v) is 9.71. The summed E-state index contributed by atoms with van der Waals surface area (Å²) in [6, 6.07) is 16.2. The number of anilines is 1. The Morgan fingerprint density at radius 1 is 0.971 bits per heavy atom. The zero-order valence-corrected chi connectivity index (χ0v) is 20.1. The highest BCUT2D eigenvalue weighted by Crippen LogP contribution is 2.32. The van der Waals surface area contributed by atoms with Crippen LogP contribution in [0.4, 0.5) is 10.5 Å². The third kappa shape index (κ3) is 4.04. The van der Waals surface area contributed by atoms with Crippen LogP contribution in [0.5, 0.6) is 0 Å². The predicted molar refractivity (Wildman–Crippen MR) is 134 cm³/mol. The van der Waals surface area contributed by atoms with E-state index in [4.69, 9.17) is 4.99 Å². The highest BCUT2D eigenvalue weighted by Gasteiger charge is 2.36. The Labute approximate surface area is 201 Å². The number of rotatable bonds is 2. The maximum Gasteiger partial charge on any atom is 0.317 e. The number of benzene rings is 2. The zero-order valence-electron chi connectivity index (χ0n) is 20.1. The number of fused-ring (bicyclic) bond motifs is 2. The van der Waals surface area contributed by atoms with Crippen molar-refractivity contribution >= 4 is 23.5 Å². The van der Waals surface area contributed by atoms with E-state index in [0.717, 1.165) is 48.3 Å². The fourth-order valence-electron chi connectivity index (χ4n) is 5.67. The number of aryl methyl sites for hydroxylation is 1. The summed E-state index contributed by atoms with van der Waals surface area (Å²) in [5.41, 5.74) is 4.15. The van der Waals surface area contributed by atoms with Crippen molar-refractivity contribution in [3.8, 4) is 0 Å². The van der Waals surface area contributed by atoms with E-state index in [1.807, 2.05) is 36.4 Å². The molecule has 34 heavy (non-hydrogen) atoms. The topological polar surface area (TPSA) is 77.0 Å². The number of aliphatic imine (C=N–C) groups is 1. The normalized spacial score (nSPS) is 26.3. The van der Waals surface area contributed by atoms with Crippen molar-refractivity contribution < 1.29 is 9.59 Å². The van der Waals surface area contributed by atoms with Gasteiger partial charge in [-0.1, -0.05) is 36.4 Å². The van der Waals surface area contributed by atoms with Crippen molar-refractivity contribution in [3.05, 3.63) is 65.2 Å².